The Morgan fingerprint density at radius 1 is 1.30 bits per heavy atom. The van der Waals surface area contributed by atoms with Crippen molar-refractivity contribution in [1.29, 1.82) is 0 Å². The zero-order chi connectivity index (χ0) is 15.3. The zero-order valence-corrected chi connectivity index (χ0v) is 12.1. The molecule has 7 nitrogen and oxygen atoms in total. The highest BCUT2D eigenvalue weighted by molar-refractivity contribution is 9.10. The molecule has 0 aliphatic heterocycles. The highest BCUT2D eigenvalue weighted by Crippen LogP contribution is 2.20. The van der Waals surface area contributed by atoms with Crippen LogP contribution in [0.4, 0.5) is 10.5 Å². The maximum Gasteiger partial charge on any atom is 0.326 e. The number of hydrogen-bond donors (Lipinski definition) is 4. The van der Waals surface area contributed by atoms with Crippen LogP contribution < -0.4 is 10.6 Å². The summed E-state index contributed by atoms with van der Waals surface area (Å²) in [7, 11) is 0. The van der Waals surface area contributed by atoms with Gasteiger partial charge >= 0.3 is 18.0 Å². The quantitative estimate of drug-likeness (QED) is 0.650. The molecule has 4 N–H and O–H groups in total. The lowest BCUT2D eigenvalue weighted by atomic mass is 10.2. The van der Waals surface area contributed by atoms with Gasteiger partial charge in [0.15, 0.2) is 0 Å². The normalized spacial score (nSPS) is 11.5. The van der Waals surface area contributed by atoms with Crippen molar-refractivity contribution in [2.75, 3.05) is 5.32 Å². The first kappa shape index (κ1) is 16.0. The van der Waals surface area contributed by atoms with Crippen LogP contribution in [-0.2, 0) is 9.59 Å². The van der Waals surface area contributed by atoms with Gasteiger partial charge in [0, 0.05) is 10.2 Å². The number of amides is 2. The number of anilines is 1. The van der Waals surface area contributed by atoms with E-state index in [1.807, 2.05) is 0 Å². The number of benzene rings is 1. The summed E-state index contributed by atoms with van der Waals surface area (Å²) in [4.78, 5) is 33.0. The van der Waals surface area contributed by atoms with Gasteiger partial charge in [-0.15, -0.1) is 0 Å². The second kappa shape index (κ2) is 6.90. The number of aryl methyl sites for hydroxylation is 1. The van der Waals surface area contributed by atoms with E-state index in [0.29, 0.717) is 5.69 Å². The lowest BCUT2D eigenvalue weighted by Gasteiger charge is -2.14. The van der Waals surface area contributed by atoms with Crippen LogP contribution in [0, 0.1) is 6.92 Å². The minimum atomic E-state index is -1.49. The van der Waals surface area contributed by atoms with Crippen molar-refractivity contribution in [2.24, 2.45) is 0 Å². The molecule has 0 aliphatic carbocycles. The fourth-order valence-electron chi connectivity index (χ4n) is 1.42. The third-order valence-electron chi connectivity index (χ3n) is 2.43. The van der Waals surface area contributed by atoms with E-state index in [1.165, 1.54) is 0 Å². The Bertz CT molecular complexity index is 547. The van der Waals surface area contributed by atoms with Crippen LogP contribution in [0.15, 0.2) is 22.7 Å². The predicted octanol–water partition coefficient (Wildman–Crippen LogP) is 1.81. The molecule has 0 saturated carbocycles. The molecule has 20 heavy (non-hydrogen) atoms. The molecule has 0 aromatic heterocycles. The Hall–Kier alpha value is -2.09. The van der Waals surface area contributed by atoms with Gasteiger partial charge in [0.2, 0.25) is 0 Å². The van der Waals surface area contributed by atoms with Crippen LogP contribution in [0.5, 0.6) is 0 Å². The van der Waals surface area contributed by atoms with Gasteiger partial charge in [-0.1, -0.05) is 22.0 Å². The van der Waals surface area contributed by atoms with Gasteiger partial charge in [0.25, 0.3) is 0 Å². The van der Waals surface area contributed by atoms with Crippen LogP contribution in [0.3, 0.4) is 0 Å². The molecule has 0 fully saturated rings. The van der Waals surface area contributed by atoms with Crippen LogP contribution >= 0.6 is 15.9 Å². The molecule has 1 aromatic rings. The van der Waals surface area contributed by atoms with E-state index in [0.717, 1.165) is 10.0 Å². The van der Waals surface area contributed by atoms with Gasteiger partial charge in [0.1, 0.15) is 6.04 Å². The summed E-state index contributed by atoms with van der Waals surface area (Å²) in [5.41, 5.74) is 1.28. The van der Waals surface area contributed by atoms with Crippen LogP contribution in [-0.4, -0.2) is 34.2 Å². The average molecular weight is 345 g/mol. The van der Waals surface area contributed by atoms with Crippen LogP contribution in [0.1, 0.15) is 12.0 Å². The van der Waals surface area contributed by atoms with Gasteiger partial charge in [0.05, 0.1) is 6.42 Å². The SMILES string of the molecule is Cc1ccc(Br)cc1NC(=O)N[C@@H](CC(=O)O)C(=O)O. The molecule has 0 spiro atoms. The summed E-state index contributed by atoms with van der Waals surface area (Å²) >= 11 is 3.25. The molecule has 108 valence electrons. The Morgan fingerprint density at radius 3 is 2.50 bits per heavy atom. The first-order valence-electron chi connectivity index (χ1n) is 5.58. The second-order valence-corrected chi connectivity index (χ2v) is 4.96. The zero-order valence-electron chi connectivity index (χ0n) is 10.5. The molecule has 0 aliphatic rings. The van der Waals surface area contributed by atoms with Crippen molar-refractivity contribution >= 4 is 39.6 Å². The van der Waals surface area contributed by atoms with E-state index in [-0.39, 0.29) is 0 Å². The molecule has 2 amide bonds. The van der Waals surface area contributed by atoms with Crippen LogP contribution in [0.2, 0.25) is 0 Å². The van der Waals surface area contributed by atoms with E-state index < -0.39 is 30.4 Å². The summed E-state index contributed by atoms with van der Waals surface area (Å²) in [6.45, 7) is 1.77. The van der Waals surface area contributed by atoms with Gasteiger partial charge in [-0.2, -0.15) is 0 Å². The van der Waals surface area contributed by atoms with Crippen molar-refractivity contribution in [3.05, 3.63) is 28.2 Å². The van der Waals surface area contributed by atoms with E-state index in [9.17, 15) is 14.4 Å². The highest BCUT2D eigenvalue weighted by atomic mass is 79.9. The molecule has 0 heterocycles. The summed E-state index contributed by atoms with van der Waals surface area (Å²) < 4.78 is 0.749. The van der Waals surface area contributed by atoms with Crippen molar-refractivity contribution in [3.8, 4) is 0 Å². The summed E-state index contributed by atoms with van der Waals surface area (Å²) in [5, 5.41) is 22.0. The number of aliphatic carboxylic acids is 2. The topological polar surface area (TPSA) is 116 Å². The number of carboxylic acids is 2. The van der Waals surface area contributed by atoms with Gasteiger partial charge < -0.3 is 20.8 Å². The van der Waals surface area contributed by atoms with Crippen molar-refractivity contribution in [1.82, 2.24) is 5.32 Å². The number of nitrogens with one attached hydrogen (secondary N) is 2. The summed E-state index contributed by atoms with van der Waals surface area (Å²) in [6, 6.07) is 2.95. The van der Waals surface area contributed by atoms with Crippen LogP contribution in [0.25, 0.3) is 0 Å². The molecule has 0 radical (unpaired) electrons. The maximum absolute atomic E-state index is 11.7. The number of carbonyl (C=O) groups is 3. The average Bonchev–Trinajstić information content (AvgIpc) is 2.32. The molecule has 1 aromatic carbocycles. The number of halogens is 1. The first-order valence-corrected chi connectivity index (χ1v) is 6.37. The number of urea groups is 1. The Kier molecular flexibility index (Phi) is 5.51. The fourth-order valence-corrected chi connectivity index (χ4v) is 1.78. The van der Waals surface area contributed by atoms with Gasteiger partial charge in [-0.25, -0.2) is 9.59 Å². The fraction of sp³-hybridized carbons (Fsp3) is 0.250. The Balaban J connectivity index is 2.72. The molecular formula is C12H13BrN2O5. The third kappa shape index (κ3) is 4.88. The Labute approximate surface area is 123 Å². The van der Waals surface area contributed by atoms with Crippen molar-refractivity contribution < 1.29 is 24.6 Å². The molecule has 1 rings (SSSR count). The van der Waals surface area contributed by atoms with E-state index >= 15 is 0 Å². The standard InChI is InChI=1S/C12H13BrN2O5/c1-6-2-3-7(13)4-8(6)14-12(20)15-9(11(18)19)5-10(16)17/h2-4,9H,5H2,1H3,(H,16,17)(H,18,19)(H2,14,15,20)/t9-/m0/s1. The van der Waals surface area contributed by atoms with Gasteiger partial charge in [-0.3, -0.25) is 4.79 Å². The van der Waals surface area contributed by atoms with E-state index in [4.69, 9.17) is 10.2 Å². The highest BCUT2D eigenvalue weighted by Gasteiger charge is 2.23. The lowest BCUT2D eigenvalue weighted by Crippen LogP contribution is -2.44. The van der Waals surface area contributed by atoms with Crippen molar-refractivity contribution in [2.45, 2.75) is 19.4 Å². The maximum atomic E-state index is 11.7. The second-order valence-electron chi connectivity index (χ2n) is 4.05. The monoisotopic (exact) mass is 344 g/mol. The molecule has 0 saturated heterocycles. The molecular weight excluding hydrogens is 332 g/mol. The lowest BCUT2D eigenvalue weighted by molar-refractivity contribution is -0.145. The third-order valence-corrected chi connectivity index (χ3v) is 2.92. The van der Waals surface area contributed by atoms with E-state index in [2.05, 4.69) is 26.6 Å². The minimum Gasteiger partial charge on any atom is -0.481 e. The van der Waals surface area contributed by atoms with Crippen molar-refractivity contribution in [3.63, 3.8) is 0 Å². The molecule has 1 atom stereocenters. The minimum absolute atomic E-state index is 0.497. The Morgan fingerprint density at radius 2 is 1.95 bits per heavy atom. The first-order chi connectivity index (χ1) is 9.29. The number of hydrogen-bond acceptors (Lipinski definition) is 3. The number of carbonyl (C=O) groups excluding carboxylic acids is 1. The summed E-state index contributed by atoms with van der Waals surface area (Å²) in [5.74, 6) is -2.72. The molecule has 0 bridgehead atoms. The molecule has 0 unspecified atom stereocenters. The predicted molar refractivity (Wildman–Crippen MR) is 74.7 cm³/mol. The number of carboxylic acid groups (broad SMARTS) is 2. The smallest absolute Gasteiger partial charge is 0.326 e. The number of rotatable bonds is 5. The van der Waals surface area contributed by atoms with Gasteiger partial charge in [-0.05, 0) is 24.6 Å². The van der Waals surface area contributed by atoms with E-state index in [1.54, 1.807) is 25.1 Å². The molecule has 8 heteroatoms. The summed E-state index contributed by atoms with van der Waals surface area (Å²) in [6.07, 6.45) is -0.694. The largest absolute Gasteiger partial charge is 0.481 e.